The summed E-state index contributed by atoms with van der Waals surface area (Å²) in [6, 6.07) is 0. The summed E-state index contributed by atoms with van der Waals surface area (Å²) in [4.78, 5) is 0. The lowest BCUT2D eigenvalue weighted by Crippen LogP contribution is -2.50. The maximum absolute atomic E-state index is 6.58. The SMILES string of the molecule is CC(C)C1(C)CCC(C(C)(C)C2CCC(C(C)(C)C3CCOCC3)OC2)CO1. The van der Waals surface area contributed by atoms with Gasteiger partial charge < -0.3 is 14.2 Å². The second kappa shape index (κ2) is 8.55. The molecule has 4 atom stereocenters. The van der Waals surface area contributed by atoms with Crippen LogP contribution in [0.4, 0.5) is 0 Å². The molecule has 0 aromatic carbocycles. The minimum atomic E-state index is 0.0640. The molecule has 0 aromatic rings. The molecule has 3 heteroatoms. The summed E-state index contributed by atoms with van der Waals surface area (Å²) in [5.41, 5.74) is 0.604. The lowest BCUT2D eigenvalue weighted by Gasteiger charge is -2.51. The molecular formula is C25H46O3. The summed E-state index contributed by atoms with van der Waals surface area (Å²) in [6.07, 6.45) is 7.75. The molecular weight excluding hydrogens is 348 g/mol. The Hall–Kier alpha value is -0.120. The van der Waals surface area contributed by atoms with E-state index in [0.717, 1.165) is 32.3 Å². The van der Waals surface area contributed by atoms with Crippen LogP contribution in [-0.4, -0.2) is 38.1 Å². The highest BCUT2D eigenvalue weighted by atomic mass is 16.5. The van der Waals surface area contributed by atoms with Gasteiger partial charge in [0.2, 0.25) is 0 Å². The average Bonchev–Trinajstić information content (AvgIpc) is 2.69. The molecule has 164 valence electrons. The molecule has 0 radical (unpaired) electrons. The fourth-order valence-corrected chi connectivity index (χ4v) is 5.91. The minimum absolute atomic E-state index is 0.0640. The molecule has 0 aliphatic carbocycles. The molecule has 0 bridgehead atoms. The van der Waals surface area contributed by atoms with Crippen molar-refractivity contribution in [1.82, 2.24) is 0 Å². The van der Waals surface area contributed by atoms with Crippen molar-refractivity contribution >= 4 is 0 Å². The topological polar surface area (TPSA) is 27.7 Å². The Morgan fingerprint density at radius 1 is 0.786 bits per heavy atom. The molecule has 3 aliphatic rings. The standard InChI is InChI=1S/C25H46O3/c1-18(2)25(7)13-10-21(17-28-25)23(3,4)20-8-9-22(27-16-20)24(5,6)19-11-14-26-15-12-19/h18-22H,8-17H2,1-7H3. The number of hydrogen-bond acceptors (Lipinski definition) is 3. The Labute approximate surface area is 174 Å². The first kappa shape index (κ1) is 22.6. The third-order valence-corrected chi connectivity index (χ3v) is 9.31. The van der Waals surface area contributed by atoms with Gasteiger partial charge in [0.25, 0.3) is 0 Å². The van der Waals surface area contributed by atoms with Crippen LogP contribution in [0.3, 0.4) is 0 Å². The Balaban J connectivity index is 1.55. The van der Waals surface area contributed by atoms with E-state index < -0.39 is 0 Å². The van der Waals surface area contributed by atoms with E-state index in [1.807, 2.05) is 0 Å². The van der Waals surface area contributed by atoms with E-state index in [4.69, 9.17) is 14.2 Å². The van der Waals surface area contributed by atoms with Gasteiger partial charge >= 0.3 is 0 Å². The number of rotatable bonds is 5. The van der Waals surface area contributed by atoms with Gasteiger partial charge in [-0.25, -0.2) is 0 Å². The van der Waals surface area contributed by atoms with Crippen molar-refractivity contribution in [1.29, 1.82) is 0 Å². The molecule has 0 aromatic heterocycles. The van der Waals surface area contributed by atoms with Gasteiger partial charge in [-0.3, -0.25) is 0 Å². The lowest BCUT2D eigenvalue weighted by molar-refractivity contribution is -0.164. The first-order valence-electron chi connectivity index (χ1n) is 11.9. The van der Waals surface area contributed by atoms with Crippen LogP contribution in [-0.2, 0) is 14.2 Å². The quantitative estimate of drug-likeness (QED) is 0.564. The van der Waals surface area contributed by atoms with Crippen LogP contribution >= 0.6 is 0 Å². The molecule has 28 heavy (non-hydrogen) atoms. The van der Waals surface area contributed by atoms with Crippen LogP contribution in [0, 0.1) is 34.5 Å². The van der Waals surface area contributed by atoms with Crippen LogP contribution in [0.1, 0.15) is 87.0 Å². The Morgan fingerprint density at radius 2 is 1.43 bits per heavy atom. The molecule has 0 amide bonds. The van der Waals surface area contributed by atoms with E-state index in [9.17, 15) is 0 Å². The van der Waals surface area contributed by atoms with Crippen LogP contribution < -0.4 is 0 Å². The molecule has 3 fully saturated rings. The first-order chi connectivity index (χ1) is 13.1. The van der Waals surface area contributed by atoms with Gasteiger partial charge in [-0.05, 0) is 80.0 Å². The summed E-state index contributed by atoms with van der Waals surface area (Å²) >= 11 is 0. The summed E-state index contributed by atoms with van der Waals surface area (Å²) in [5.74, 6) is 2.61. The van der Waals surface area contributed by atoms with E-state index in [1.54, 1.807) is 0 Å². The van der Waals surface area contributed by atoms with E-state index in [1.165, 1.54) is 38.5 Å². The maximum atomic E-state index is 6.58. The number of hydrogen-bond donors (Lipinski definition) is 0. The number of ether oxygens (including phenoxy) is 3. The summed E-state index contributed by atoms with van der Waals surface area (Å²) in [5, 5.41) is 0. The fraction of sp³-hybridized carbons (Fsp3) is 1.00. The smallest absolute Gasteiger partial charge is 0.0677 e. The highest BCUT2D eigenvalue weighted by molar-refractivity contribution is 4.95. The Bertz CT molecular complexity index is 488. The molecule has 3 saturated heterocycles. The first-order valence-corrected chi connectivity index (χ1v) is 11.9. The minimum Gasteiger partial charge on any atom is -0.381 e. The van der Waals surface area contributed by atoms with Gasteiger partial charge in [0.1, 0.15) is 0 Å². The van der Waals surface area contributed by atoms with E-state index >= 15 is 0 Å². The Kier molecular flexibility index (Phi) is 6.89. The average molecular weight is 395 g/mol. The maximum Gasteiger partial charge on any atom is 0.0677 e. The van der Waals surface area contributed by atoms with Crippen molar-refractivity contribution in [3.63, 3.8) is 0 Å². The van der Waals surface area contributed by atoms with Crippen molar-refractivity contribution in [2.45, 2.75) is 98.7 Å². The summed E-state index contributed by atoms with van der Waals surface area (Å²) in [6.45, 7) is 20.4. The highest BCUT2D eigenvalue weighted by Gasteiger charge is 2.47. The largest absolute Gasteiger partial charge is 0.381 e. The Morgan fingerprint density at radius 3 is 1.93 bits per heavy atom. The van der Waals surface area contributed by atoms with Gasteiger partial charge in [-0.1, -0.05) is 41.5 Å². The molecule has 4 unspecified atom stereocenters. The highest BCUT2D eigenvalue weighted by Crippen LogP contribution is 2.49. The summed E-state index contributed by atoms with van der Waals surface area (Å²) in [7, 11) is 0. The van der Waals surface area contributed by atoms with Gasteiger partial charge in [-0.2, -0.15) is 0 Å². The van der Waals surface area contributed by atoms with Crippen molar-refractivity contribution in [3.8, 4) is 0 Å². The van der Waals surface area contributed by atoms with Crippen LogP contribution in [0.25, 0.3) is 0 Å². The van der Waals surface area contributed by atoms with Gasteiger partial charge in [0.05, 0.1) is 24.9 Å². The summed E-state index contributed by atoms with van der Waals surface area (Å²) < 4.78 is 18.6. The van der Waals surface area contributed by atoms with Gasteiger partial charge in [-0.15, -0.1) is 0 Å². The lowest BCUT2D eigenvalue weighted by atomic mass is 9.62. The molecule has 3 aliphatic heterocycles. The van der Waals surface area contributed by atoms with Gasteiger partial charge in [0.15, 0.2) is 0 Å². The van der Waals surface area contributed by atoms with Gasteiger partial charge in [0, 0.05) is 13.2 Å². The second-order valence-corrected chi connectivity index (χ2v) is 11.6. The van der Waals surface area contributed by atoms with E-state index in [0.29, 0.717) is 23.9 Å². The normalized spacial score (nSPS) is 36.6. The molecule has 0 N–H and O–H groups in total. The molecule has 0 spiro atoms. The van der Waals surface area contributed by atoms with Crippen LogP contribution in [0.15, 0.2) is 0 Å². The second-order valence-electron chi connectivity index (χ2n) is 11.6. The van der Waals surface area contributed by atoms with E-state index in [2.05, 4.69) is 48.5 Å². The van der Waals surface area contributed by atoms with Crippen molar-refractivity contribution < 1.29 is 14.2 Å². The zero-order chi connectivity index (χ0) is 20.6. The van der Waals surface area contributed by atoms with E-state index in [-0.39, 0.29) is 16.4 Å². The van der Waals surface area contributed by atoms with Crippen LogP contribution in [0.2, 0.25) is 0 Å². The van der Waals surface area contributed by atoms with Crippen molar-refractivity contribution in [3.05, 3.63) is 0 Å². The fourth-order valence-electron chi connectivity index (χ4n) is 5.91. The van der Waals surface area contributed by atoms with Crippen molar-refractivity contribution in [2.24, 2.45) is 34.5 Å². The van der Waals surface area contributed by atoms with Crippen LogP contribution in [0.5, 0.6) is 0 Å². The zero-order valence-electron chi connectivity index (χ0n) is 19.7. The third kappa shape index (κ3) is 4.47. The monoisotopic (exact) mass is 394 g/mol. The third-order valence-electron chi connectivity index (χ3n) is 9.31. The van der Waals surface area contributed by atoms with Crippen molar-refractivity contribution in [2.75, 3.05) is 26.4 Å². The predicted molar refractivity (Wildman–Crippen MR) is 115 cm³/mol. The predicted octanol–water partition coefficient (Wildman–Crippen LogP) is 6.10. The molecule has 3 rings (SSSR count). The molecule has 3 nitrogen and oxygen atoms in total. The molecule has 3 heterocycles. The molecule has 0 saturated carbocycles. The zero-order valence-corrected chi connectivity index (χ0v) is 19.7.